The Balaban J connectivity index is 2.44. The maximum Gasteiger partial charge on any atom is 0.148 e. The minimum atomic E-state index is 0.420. The van der Waals surface area contributed by atoms with Crippen LogP contribution in [0.4, 0.5) is 0 Å². The lowest BCUT2D eigenvalue weighted by Gasteiger charge is -1.99. The van der Waals surface area contributed by atoms with Gasteiger partial charge in [0.05, 0.1) is 0 Å². The van der Waals surface area contributed by atoms with Gasteiger partial charge in [-0.1, -0.05) is 38.9 Å². The lowest BCUT2D eigenvalue weighted by Crippen LogP contribution is -1.94. The molecule has 78 valence electrons. The van der Waals surface area contributed by atoms with Crippen molar-refractivity contribution in [1.82, 2.24) is 10.2 Å². The predicted molar refractivity (Wildman–Crippen MR) is 65.9 cm³/mol. The highest BCUT2D eigenvalue weighted by molar-refractivity contribution is 9.10. The van der Waals surface area contributed by atoms with Crippen LogP contribution in [0.25, 0.3) is 10.6 Å². The fourth-order valence-electron chi connectivity index (χ4n) is 1.11. The van der Waals surface area contributed by atoms with Gasteiger partial charge in [-0.05, 0) is 18.2 Å². The van der Waals surface area contributed by atoms with Crippen molar-refractivity contribution >= 4 is 38.9 Å². The third kappa shape index (κ3) is 2.36. The first kappa shape index (κ1) is 11.0. The van der Waals surface area contributed by atoms with Crippen LogP contribution in [0, 0.1) is 0 Å². The topological polar surface area (TPSA) is 51.8 Å². The molecule has 2 rings (SSSR count). The van der Waals surface area contributed by atoms with Crippen molar-refractivity contribution in [3.8, 4) is 10.6 Å². The summed E-state index contributed by atoms with van der Waals surface area (Å²) in [6.07, 6.45) is 0. The zero-order valence-corrected chi connectivity index (χ0v) is 10.7. The van der Waals surface area contributed by atoms with Crippen LogP contribution in [0.5, 0.6) is 0 Å². The van der Waals surface area contributed by atoms with E-state index >= 15 is 0 Å². The Labute approximate surface area is 104 Å². The largest absolute Gasteiger partial charge is 0.324 e. The van der Waals surface area contributed by atoms with Crippen LogP contribution in [0.15, 0.2) is 22.7 Å². The molecule has 2 N–H and O–H groups in total. The van der Waals surface area contributed by atoms with E-state index in [1.165, 1.54) is 11.3 Å². The van der Waals surface area contributed by atoms with E-state index < -0.39 is 0 Å². The molecule has 0 saturated heterocycles. The number of nitrogens with two attached hydrogens (primary N) is 1. The van der Waals surface area contributed by atoms with Crippen LogP contribution < -0.4 is 5.73 Å². The number of nitrogens with zero attached hydrogens (tertiary/aromatic N) is 2. The third-order valence-corrected chi connectivity index (χ3v) is 3.67. The minimum Gasteiger partial charge on any atom is -0.324 e. The van der Waals surface area contributed by atoms with Gasteiger partial charge in [0.15, 0.2) is 0 Å². The molecule has 0 aliphatic carbocycles. The number of hydrogen-bond donors (Lipinski definition) is 1. The quantitative estimate of drug-likeness (QED) is 0.927. The number of hydrogen-bond acceptors (Lipinski definition) is 4. The number of aromatic nitrogens is 2. The summed E-state index contributed by atoms with van der Waals surface area (Å²) in [4.78, 5) is 0. The highest BCUT2D eigenvalue weighted by atomic mass is 79.9. The second-order valence-corrected chi connectivity index (χ2v) is 5.18. The summed E-state index contributed by atoms with van der Waals surface area (Å²) >= 11 is 10.8. The first-order valence-corrected chi connectivity index (χ1v) is 6.17. The summed E-state index contributed by atoms with van der Waals surface area (Å²) in [6.45, 7) is 0.420. The van der Waals surface area contributed by atoms with E-state index in [9.17, 15) is 0 Å². The SMILES string of the molecule is NCc1nnc(-c2ccc(Cl)cc2Br)s1. The molecule has 0 aliphatic heterocycles. The van der Waals surface area contributed by atoms with Crippen LogP contribution in [0.2, 0.25) is 5.02 Å². The predicted octanol–water partition coefficient (Wildman–Crippen LogP) is 3.08. The van der Waals surface area contributed by atoms with Crippen LogP contribution >= 0.6 is 38.9 Å². The van der Waals surface area contributed by atoms with Gasteiger partial charge in [-0.25, -0.2) is 0 Å². The third-order valence-electron chi connectivity index (χ3n) is 1.80. The van der Waals surface area contributed by atoms with Crippen LogP contribution in [-0.2, 0) is 6.54 Å². The van der Waals surface area contributed by atoms with Gasteiger partial charge in [-0.2, -0.15) is 0 Å². The summed E-state index contributed by atoms with van der Waals surface area (Å²) in [7, 11) is 0. The Hall–Kier alpha value is -0.490. The van der Waals surface area contributed by atoms with Crippen molar-refractivity contribution in [3.05, 3.63) is 32.7 Å². The minimum absolute atomic E-state index is 0.420. The maximum absolute atomic E-state index is 5.85. The van der Waals surface area contributed by atoms with Crippen molar-refractivity contribution < 1.29 is 0 Å². The van der Waals surface area contributed by atoms with E-state index in [0.29, 0.717) is 11.6 Å². The fourth-order valence-corrected chi connectivity index (χ4v) is 2.87. The van der Waals surface area contributed by atoms with E-state index in [4.69, 9.17) is 17.3 Å². The second kappa shape index (κ2) is 4.57. The molecule has 1 heterocycles. The van der Waals surface area contributed by atoms with Crippen molar-refractivity contribution in [2.45, 2.75) is 6.54 Å². The molecule has 0 aliphatic rings. The number of benzene rings is 1. The second-order valence-electron chi connectivity index (χ2n) is 2.83. The smallest absolute Gasteiger partial charge is 0.148 e. The molecule has 0 amide bonds. The Morgan fingerprint density at radius 1 is 1.40 bits per heavy atom. The average molecular weight is 305 g/mol. The van der Waals surface area contributed by atoms with Crippen LogP contribution in [-0.4, -0.2) is 10.2 Å². The molecule has 1 aromatic heterocycles. The molecule has 0 bridgehead atoms. The van der Waals surface area contributed by atoms with Gasteiger partial charge < -0.3 is 5.73 Å². The highest BCUT2D eigenvalue weighted by Gasteiger charge is 2.09. The monoisotopic (exact) mass is 303 g/mol. The molecule has 0 unspecified atom stereocenters. The molecule has 0 atom stereocenters. The molecule has 15 heavy (non-hydrogen) atoms. The zero-order chi connectivity index (χ0) is 10.8. The molecule has 0 fully saturated rings. The lowest BCUT2D eigenvalue weighted by molar-refractivity contribution is 0.960. The summed E-state index contributed by atoms with van der Waals surface area (Å²) in [6, 6.07) is 5.57. The van der Waals surface area contributed by atoms with E-state index in [1.54, 1.807) is 0 Å². The highest BCUT2D eigenvalue weighted by Crippen LogP contribution is 2.32. The summed E-state index contributed by atoms with van der Waals surface area (Å²) in [5.74, 6) is 0. The first-order valence-electron chi connectivity index (χ1n) is 4.18. The van der Waals surface area contributed by atoms with Gasteiger partial charge >= 0.3 is 0 Å². The van der Waals surface area contributed by atoms with Gasteiger partial charge in [0.1, 0.15) is 10.0 Å². The molecule has 0 spiro atoms. The van der Waals surface area contributed by atoms with Gasteiger partial charge in [-0.15, -0.1) is 10.2 Å². The van der Waals surface area contributed by atoms with Gasteiger partial charge in [-0.3, -0.25) is 0 Å². The van der Waals surface area contributed by atoms with Crippen molar-refractivity contribution in [1.29, 1.82) is 0 Å². The number of halogens is 2. The zero-order valence-electron chi connectivity index (χ0n) is 7.58. The number of rotatable bonds is 2. The van der Waals surface area contributed by atoms with Gasteiger partial charge in [0, 0.05) is 21.6 Å². The average Bonchev–Trinajstić information content (AvgIpc) is 2.66. The normalized spacial score (nSPS) is 10.6. The van der Waals surface area contributed by atoms with Gasteiger partial charge in [0.2, 0.25) is 0 Å². The van der Waals surface area contributed by atoms with Crippen molar-refractivity contribution in [2.75, 3.05) is 0 Å². The van der Waals surface area contributed by atoms with Gasteiger partial charge in [0.25, 0.3) is 0 Å². The molecule has 0 saturated carbocycles. The standard InChI is InChI=1S/C9H7BrClN3S/c10-7-3-5(11)1-2-6(7)9-14-13-8(4-12)15-9/h1-3H,4,12H2. The van der Waals surface area contributed by atoms with E-state index in [2.05, 4.69) is 26.1 Å². The molecule has 6 heteroatoms. The molecule has 0 radical (unpaired) electrons. The van der Waals surface area contributed by atoms with Crippen LogP contribution in [0.3, 0.4) is 0 Å². The molecular formula is C9H7BrClN3S. The molecule has 1 aromatic carbocycles. The molecule has 3 nitrogen and oxygen atoms in total. The summed E-state index contributed by atoms with van der Waals surface area (Å²) < 4.78 is 0.912. The molecule has 2 aromatic rings. The Kier molecular flexibility index (Phi) is 3.35. The molecular weight excluding hydrogens is 298 g/mol. The van der Waals surface area contributed by atoms with Crippen LogP contribution in [0.1, 0.15) is 5.01 Å². The van der Waals surface area contributed by atoms with Crippen molar-refractivity contribution in [2.24, 2.45) is 5.73 Å². The van der Waals surface area contributed by atoms with E-state index in [-0.39, 0.29) is 0 Å². The Bertz CT molecular complexity index is 486. The summed E-state index contributed by atoms with van der Waals surface area (Å²) in [5.41, 5.74) is 6.46. The van der Waals surface area contributed by atoms with E-state index in [1.807, 2.05) is 18.2 Å². The Morgan fingerprint density at radius 2 is 2.20 bits per heavy atom. The lowest BCUT2D eigenvalue weighted by atomic mass is 10.2. The Morgan fingerprint density at radius 3 is 2.80 bits per heavy atom. The fraction of sp³-hybridized carbons (Fsp3) is 0.111. The summed E-state index contributed by atoms with van der Waals surface area (Å²) in [5, 5.41) is 10.4. The van der Waals surface area contributed by atoms with E-state index in [0.717, 1.165) is 20.1 Å². The first-order chi connectivity index (χ1) is 7.20. The van der Waals surface area contributed by atoms with Crippen molar-refractivity contribution in [3.63, 3.8) is 0 Å². The maximum atomic E-state index is 5.85.